The van der Waals surface area contributed by atoms with Gasteiger partial charge in [0.2, 0.25) is 0 Å². The van der Waals surface area contributed by atoms with Gasteiger partial charge in [0.15, 0.2) is 5.96 Å². The van der Waals surface area contributed by atoms with E-state index in [1.165, 1.54) is 5.56 Å². The third-order valence-corrected chi connectivity index (χ3v) is 2.52. The molecule has 0 aliphatic heterocycles. The van der Waals surface area contributed by atoms with Gasteiger partial charge in [0, 0.05) is 28.2 Å². The fourth-order valence-electron chi connectivity index (χ4n) is 1.23. The smallest absolute Gasteiger partial charge is 0.195 e. The molecule has 0 aromatic carbocycles. The summed E-state index contributed by atoms with van der Waals surface area (Å²) in [5, 5.41) is 4.21. The Kier molecular flexibility index (Phi) is 3.95. The normalized spacial score (nSPS) is 9.71. The molecule has 0 bridgehead atoms. The van der Waals surface area contributed by atoms with Crippen LogP contribution in [0.25, 0.3) is 0 Å². The minimum Gasteiger partial charge on any atom is -0.349 e. The maximum atomic E-state index is 4.54. The van der Waals surface area contributed by atoms with E-state index in [9.17, 15) is 0 Å². The molecule has 4 heteroatoms. The van der Waals surface area contributed by atoms with Crippen LogP contribution in [0.1, 0.15) is 5.56 Å². The first-order valence-corrected chi connectivity index (χ1v) is 5.45. The highest BCUT2D eigenvalue weighted by Crippen LogP contribution is 2.07. The van der Waals surface area contributed by atoms with Gasteiger partial charge in [-0.05, 0) is 22.4 Å². The van der Waals surface area contributed by atoms with E-state index in [1.807, 2.05) is 38.0 Å². The van der Waals surface area contributed by atoms with Gasteiger partial charge in [0.1, 0.15) is 0 Å². The number of thiophene rings is 1. The van der Waals surface area contributed by atoms with Crippen LogP contribution in [0.5, 0.6) is 0 Å². The molecule has 0 aliphatic carbocycles. The molecule has 0 unspecified atom stereocenters. The summed E-state index contributed by atoms with van der Waals surface area (Å²) in [6.45, 7) is 0.759. The van der Waals surface area contributed by atoms with Gasteiger partial charge in [-0.3, -0.25) is 0 Å². The number of hydrogen-bond acceptors (Lipinski definition) is 2. The summed E-state index contributed by atoms with van der Waals surface area (Å²) in [6, 6.07) is 2.11. The maximum Gasteiger partial charge on any atom is 0.195 e. The molecule has 0 aliphatic rings. The topological polar surface area (TPSA) is 18.8 Å². The summed E-state index contributed by atoms with van der Waals surface area (Å²) >= 11 is 1.71. The van der Waals surface area contributed by atoms with Crippen LogP contribution in [0.2, 0.25) is 0 Å². The van der Waals surface area contributed by atoms with Crippen molar-refractivity contribution in [3.05, 3.63) is 22.4 Å². The van der Waals surface area contributed by atoms with Crippen molar-refractivity contribution in [1.29, 1.82) is 0 Å². The Balaban J connectivity index is 2.65. The molecular weight excluding hydrogens is 194 g/mol. The minimum atomic E-state index is 0.759. The Bertz CT molecular complexity index is 278. The second kappa shape index (κ2) is 5.00. The standard InChI is InChI=1S/C10H17N3S/c1-12(2)10(13(3)4)11-7-9-5-6-14-8-9/h5-6,8H,7H2,1-4H3. The molecule has 1 rings (SSSR count). The van der Waals surface area contributed by atoms with Crippen molar-refractivity contribution in [1.82, 2.24) is 9.80 Å². The number of aliphatic imine (C=N–C) groups is 1. The number of hydrogen-bond donors (Lipinski definition) is 0. The summed E-state index contributed by atoms with van der Waals surface area (Å²) in [6.07, 6.45) is 0. The van der Waals surface area contributed by atoms with Gasteiger partial charge >= 0.3 is 0 Å². The zero-order chi connectivity index (χ0) is 10.6. The molecule has 0 saturated heterocycles. The predicted octanol–water partition coefficient (Wildman–Crippen LogP) is 1.73. The Morgan fingerprint density at radius 3 is 2.36 bits per heavy atom. The third-order valence-electron chi connectivity index (χ3n) is 1.78. The van der Waals surface area contributed by atoms with Crippen LogP contribution in [0.4, 0.5) is 0 Å². The second-order valence-corrected chi connectivity index (χ2v) is 4.32. The molecule has 1 aromatic heterocycles. The van der Waals surface area contributed by atoms with Gasteiger partial charge in [-0.2, -0.15) is 11.3 Å². The van der Waals surface area contributed by atoms with E-state index in [0.717, 1.165) is 12.5 Å². The first kappa shape index (κ1) is 11.0. The maximum absolute atomic E-state index is 4.54. The lowest BCUT2D eigenvalue weighted by Crippen LogP contribution is -2.35. The molecule has 14 heavy (non-hydrogen) atoms. The van der Waals surface area contributed by atoms with Crippen molar-refractivity contribution in [2.75, 3.05) is 28.2 Å². The Morgan fingerprint density at radius 1 is 1.29 bits per heavy atom. The van der Waals surface area contributed by atoms with E-state index in [-0.39, 0.29) is 0 Å². The largest absolute Gasteiger partial charge is 0.349 e. The average molecular weight is 211 g/mol. The van der Waals surface area contributed by atoms with Crippen molar-refractivity contribution >= 4 is 17.3 Å². The van der Waals surface area contributed by atoms with Gasteiger partial charge < -0.3 is 9.80 Å². The first-order valence-electron chi connectivity index (χ1n) is 4.51. The summed E-state index contributed by atoms with van der Waals surface area (Å²) < 4.78 is 0. The van der Waals surface area contributed by atoms with Crippen molar-refractivity contribution < 1.29 is 0 Å². The van der Waals surface area contributed by atoms with Crippen LogP contribution >= 0.6 is 11.3 Å². The molecule has 0 atom stereocenters. The fraction of sp³-hybridized carbons (Fsp3) is 0.500. The molecule has 0 N–H and O–H groups in total. The SMILES string of the molecule is CN(C)C(=NCc1ccsc1)N(C)C. The molecule has 1 aromatic rings. The first-order chi connectivity index (χ1) is 6.61. The minimum absolute atomic E-state index is 0.759. The van der Waals surface area contributed by atoms with Crippen molar-refractivity contribution in [3.63, 3.8) is 0 Å². The highest BCUT2D eigenvalue weighted by Gasteiger charge is 2.03. The number of guanidine groups is 1. The van der Waals surface area contributed by atoms with Crippen molar-refractivity contribution in [2.24, 2.45) is 4.99 Å². The van der Waals surface area contributed by atoms with E-state index in [4.69, 9.17) is 0 Å². The molecule has 0 spiro atoms. The Labute approximate surface area is 89.7 Å². The van der Waals surface area contributed by atoms with Gasteiger partial charge in [-0.25, -0.2) is 4.99 Å². The highest BCUT2D eigenvalue weighted by atomic mass is 32.1. The van der Waals surface area contributed by atoms with E-state index in [1.54, 1.807) is 11.3 Å². The summed E-state index contributed by atoms with van der Waals surface area (Å²) in [5.41, 5.74) is 1.27. The molecular formula is C10H17N3S. The van der Waals surface area contributed by atoms with E-state index < -0.39 is 0 Å². The van der Waals surface area contributed by atoms with Gasteiger partial charge in [-0.15, -0.1) is 0 Å². The summed E-state index contributed by atoms with van der Waals surface area (Å²) in [7, 11) is 8.03. The summed E-state index contributed by atoms with van der Waals surface area (Å²) in [4.78, 5) is 8.58. The third kappa shape index (κ3) is 3.03. The second-order valence-electron chi connectivity index (χ2n) is 3.54. The average Bonchev–Trinajstić information content (AvgIpc) is 2.55. The molecule has 78 valence electrons. The van der Waals surface area contributed by atoms with E-state index in [2.05, 4.69) is 21.8 Å². The van der Waals surface area contributed by atoms with Crippen molar-refractivity contribution in [2.45, 2.75) is 6.54 Å². The van der Waals surface area contributed by atoms with Crippen LogP contribution in [-0.4, -0.2) is 44.0 Å². The lowest BCUT2D eigenvalue weighted by molar-refractivity contribution is 0.479. The van der Waals surface area contributed by atoms with Gasteiger partial charge in [0.05, 0.1) is 6.54 Å². The Hall–Kier alpha value is -1.03. The van der Waals surface area contributed by atoms with Gasteiger partial charge in [0.25, 0.3) is 0 Å². The quantitative estimate of drug-likeness (QED) is 0.548. The van der Waals surface area contributed by atoms with Crippen LogP contribution in [0.3, 0.4) is 0 Å². The number of rotatable bonds is 2. The lowest BCUT2D eigenvalue weighted by Gasteiger charge is -2.22. The monoisotopic (exact) mass is 211 g/mol. The van der Waals surface area contributed by atoms with Crippen LogP contribution in [0, 0.1) is 0 Å². The molecule has 0 amide bonds. The van der Waals surface area contributed by atoms with Crippen LogP contribution in [0.15, 0.2) is 21.8 Å². The zero-order valence-corrected chi connectivity index (χ0v) is 10.0. The van der Waals surface area contributed by atoms with Crippen LogP contribution < -0.4 is 0 Å². The van der Waals surface area contributed by atoms with Gasteiger partial charge in [-0.1, -0.05) is 0 Å². The molecule has 0 fully saturated rings. The van der Waals surface area contributed by atoms with E-state index in [0.29, 0.717) is 0 Å². The highest BCUT2D eigenvalue weighted by molar-refractivity contribution is 7.07. The summed E-state index contributed by atoms with van der Waals surface area (Å²) in [5.74, 6) is 0.996. The molecule has 0 saturated carbocycles. The van der Waals surface area contributed by atoms with E-state index >= 15 is 0 Å². The number of nitrogens with zero attached hydrogens (tertiary/aromatic N) is 3. The predicted molar refractivity (Wildman–Crippen MR) is 62.8 cm³/mol. The molecule has 3 nitrogen and oxygen atoms in total. The molecule has 1 heterocycles. The zero-order valence-electron chi connectivity index (χ0n) is 9.19. The van der Waals surface area contributed by atoms with Crippen molar-refractivity contribution in [3.8, 4) is 0 Å². The fourth-order valence-corrected chi connectivity index (χ4v) is 1.89. The van der Waals surface area contributed by atoms with Crippen LogP contribution in [-0.2, 0) is 6.54 Å². The molecule has 0 radical (unpaired) electrons. The Morgan fingerprint density at radius 2 is 1.93 bits per heavy atom. The lowest BCUT2D eigenvalue weighted by atomic mass is 10.3.